The Hall–Kier alpha value is -2.93. The fourth-order valence-electron chi connectivity index (χ4n) is 4.39. The van der Waals surface area contributed by atoms with Crippen LogP contribution < -0.4 is 10.2 Å². The van der Waals surface area contributed by atoms with E-state index < -0.39 is 23.7 Å². The summed E-state index contributed by atoms with van der Waals surface area (Å²) in [7, 11) is 0. The minimum absolute atomic E-state index is 0.0644. The van der Waals surface area contributed by atoms with Gasteiger partial charge in [0, 0.05) is 43.1 Å². The number of carbonyl (C=O) groups is 2. The summed E-state index contributed by atoms with van der Waals surface area (Å²) in [4.78, 5) is 25.9. The summed E-state index contributed by atoms with van der Waals surface area (Å²) in [6, 6.07) is 10.6. The molecule has 2 saturated heterocycles. The third-order valence-corrected chi connectivity index (χ3v) is 5.58. The second kappa shape index (κ2) is 5.79. The molecule has 138 valence electrons. The summed E-state index contributed by atoms with van der Waals surface area (Å²) >= 11 is 0. The Bertz CT molecular complexity index is 969. The molecule has 0 amide bonds. The average molecular weight is 368 g/mol. The first-order valence-corrected chi connectivity index (χ1v) is 8.88. The number of nitrogens with zero attached hydrogens (tertiary/aromatic N) is 1. The Balaban J connectivity index is 1.67. The zero-order valence-electron chi connectivity index (χ0n) is 14.4. The number of hydrogen-bond donors (Lipinski definition) is 1. The minimum atomic E-state index is -1.66. The number of carbonyl (C=O) groups excluding carboxylic acids is 2. The van der Waals surface area contributed by atoms with E-state index in [4.69, 9.17) is 9.47 Å². The molecule has 6 nitrogen and oxygen atoms in total. The first-order chi connectivity index (χ1) is 13.1. The molecule has 2 unspecified atom stereocenters. The van der Waals surface area contributed by atoms with E-state index in [2.05, 4.69) is 5.32 Å². The fraction of sp³-hybridized carbons (Fsp3) is 0.300. The van der Waals surface area contributed by atoms with Gasteiger partial charge in [0.25, 0.3) is 0 Å². The van der Waals surface area contributed by atoms with Crippen molar-refractivity contribution in [2.45, 2.75) is 5.91 Å². The Kier molecular flexibility index (Phi) is 3.48. The van der Waals surface area contributed by atoms with Crippen molar-refractivity contribution >= 4 is 28.4 Å². The largest absolute Gasteiger partial charge is 0.400 e. The van der Waals surface area contributed by atoms with Crippen molar-refractivity contribution in [3.05, 3.63) is 54.4 Å². The van der Waals surface area contributed by atoms with E-state index in [-0.39, 0.29) is 17.5 Å². The molecule has 3 aliphatic heterocycles. The predicted molar refractivity (Wildman–Crippen MR) is 95.2 cm³/mol. The van der Waals surface area contributed by atoms with Crippen LogP contribution in [0.1, 0.15) is 0 Å². The monoisotopic (exact) mass is 368 g/mol. The molecule has 2 fully saturated rings. The molecule has 2 atom stereocenters. The van der Waals surface area contributed by atoms with Crippen LogP contribution in [-0.4, -0.2) is 37.5 Å². The Labute approximate surface area is 154 Å². The predicted octanol–water partition coefficient (Wildman–Crippen LogP) is 1.94. The molecule has 1 spiro atoms. The number of anilines is 1. The molecule has 0 bridgehead atoms. The number of ether oxygens (including phenoxy) is 2. The molecule has 0 aromatic heterocycles. The maximum atomic E-state index is 15.4. The second-order valence-electron chi connectivity index (χ2n) is 7.06. The van der Waals surface area contributed by atoms with Gasteiger partial charge in [0.2, 0.25) is 0 Å². The molecule has 7 heteroatoms. The van der Waals surface area contributed by atoms with Crippen molar-refractivity contribution in [3.8, 4) is 0 Å². The molecule has 2 aromatic carbocycles. The van der Waals surface area contributed by atoms with E-state index in [1.165, 1.54) is 0 Å². The van der Waals surface area contributed by atoms with Crippen molar-refractivity contribution in [3.63, 3.8) is 0 Å². The topological polar surface area (TPSA) is 67.9 Å². The van der Waals surface area contributed by atoms with Gasteiger partial charge in [0.05, 0.1) is 11.6 Å². The van der Waals surface area contributed by atoms with Gasteiger partial charge in [0.1, 0.15) is 0 Å². The summed E-state index contributed by atoms with van der Waals surface area (Å²) in [6.45, 7) is 1.60. The molecule has 2 aromatic rings. The number of nitrogens with one attached hydrogen (secondary N) is 1. The summed E-state index contributed by atoms with van der Waals surface area (Å²) < 4.78 is 26.6. The molecule has 5 rings (SSSR count). The normalized spacial score (nSPS) is 26.2. The quantitative estimate of drug-likeness (QED) is 0.776. The van der Waals surface area contributed by atoms with Crippen molar-refractivity contribution in [1.82, 2.24) is 5.32 Å². The zero-order chi connectivity index (χ0) is 18.6. The van der Waals surface area contributed by atoms with Crippen LogP contribution >= 0.6 is 0 Å². The summed E-state index contributed by atoms with van der Waals surface area (Å²) in [5, 5.41) is 4.47. The SMILES string of the molecule is O=C1C=CC(=O)OC2(O1)C1CNCC1CN2c1ccc2ccccc2c1F. The third kappa shape index (κ3) is 2.35. The average Bonchev–Trinajstić information content (AvgIpc) is 3.19. The van der Waals surface area contributed by atoms with Crippen LogP contribution in [0.4, 0.5) is 10.1 Å². The summed E-state index contributed by atoms with van der Waals surface area (Å²) in [5.41, 5.74) is 0.255. The van der Waals surface area contributed by atoms with Crippen molar-refractivity contribution < 1.29 is 23.5 Å². The van der Waals surface area contributed by atoms with Crippen molar-refractivity contribution in [2.75, 3.05) is 24.5 Å². The lowest BCUT2D eigenvalue weighted by Gasteiger charge is -2.39. The van der Waals surface area contributed by atoms with E-state index in [0.29, 0.717) is 25.0 Å². The Morgan fingerprint density at radius 3 is 2.56 bits per heavy atom. The van der Waals surface area contributed by atoms with E-state index >= 15 is 4.39 Å². The number of esters is 2. The van der Waals surface area contributed by atoms with E-state index in [1.807, 2.05) is 18.2 Å². The van der Waals surface area contributed by atoms with Gasteiger partial charge in [0.15, 0.2) is 5.82 Å². The standard InChI is InChI=1S/C20H17FN2O4/c21-19-14-4-2-1-3-12(14)5-6-16(19)23-11-13-9-22-10-15(13)20(23)26-17(24)7-8-18(25)27-20/h1-8,13,15,22H,9-11H2. The highest BCUT2D eigenvalue weighted by molar-refractivity contribution is 5.94. The van der Waals surface area contributed by atoms with Gasteiger partial charge in [-0.2, -0.15) is 0 Å². The van der Waals surface area contributed by atoms with Gasteiger partial charge in [-0.1, -0.05) is 30.3 Å². The first kappa shape index (κ1) is 16.3. The molecule has 27 heavy (non-hydrogen) atoms. The van der Waals surface area contributed by atoms with Gasteiger partial charge >= 0.3 is 17.8 Å². The van der Waals surface area contributed by atoms with Gasteiger partial charge in [-0.05, 0) is 11.5 Å². The Morgan fingerprint density at radius 1 is 1.04 bits per heavy atom. The smallest absolute Gasteiger partial charge is 0.347 e. The van der Waals surface area contributed by atoms with Crippen LogP contribution in [-0.2, 0) is 19.1 Å². The summed E-state index contributed by atoms with van der Waals surface area (Å²) in [5.74, 6) is -3.66. The minimum Gasteiger partial charge on any atom is -0.400 e. The lowest BCUT2D eigenvalue weighted by Crippen LogP contribution is -2.55. The lowest BCUT2D eigenvalue weighted by molar-refractivity contribution is -0.231. The van der Waals surface area contributed by atoms with Crippen LogP contribution in [0, 0.1) is 17.7 Å². The van der Waals surface area contributed by atoms with Gasteiger partial charge < -0.3 is 14.8 Å². The second-order valence-corrected chi connectivity index (χ2v) is 7.06. The molecule has 3 heterocycles. The van der Waals surface area contributed by atoms with Crippen molar-refractivity contribution in [1.29, 1.82) is 0 Å². The van der Waals surface area contributed by atoms with Crippen LogP contribution in [0.5, 0.6) is 0 Å². The highest BCUT2D eigenvalue weighted by Gasteiger charge is 2.62. The third-order valence-electron chi connectivity index (χ3n) is 5.58. The molecule has 1 N–H and O–H groups in total. The van der Waals surface area contributed by atoms with E-state index in [1.54, 1.807) is 23.1 Å². The van der Waals surface area contributed by atoms with Gasteiger partial charge in [-0.15, -0.1) is 0 Å². The van der Waals surface area contributed by atoms with Crippen LogP contribution in [0.25, 0.3) is 10.8 Å². The molecule has 3 aliphatic rings. The molecule has 0 saturated carbocycles. The van der Waals surface area contributed by atoms with Gasteiger partial charge in [-0.3, -0.25) is 4.90 Å². The maximum Gasteiger partial charge on any atom is 0.347 e. The maximum absolute atomic E-state index is 15.4. The molecule has 0 aliphatic carbocycles. The van der Waals surface area contributed by atoms with Crippen LogP contribution in [0.3, 0.4) is 0 Å². The zero-order valence-corrected chi connectivity index (χ0v) is 14.4. The Morgan fingerprint density at radius 2 is 1.78 bits per heavy atom. The number of benzene rings is 2. The number of hydrogen-bond acceptors (Lipinski definition) is 6. The highest BCUT2D eigenvalue weighted by Crippen LogP contribution is 2.47. The number of fused-ring (bicyclic) bond motifs is 3. The van der Waals surface area contributed by atoms with Gasteiger partial charge in [-0.25, -0.2) is 14.0 Å². The first-order valence-electron chi connectivity index (χ1n) is 8.88. The van der Waals surface area contributed by atoms with Crippen molar-refractivity contribution in [2.24, 2.45) is 11.8 Å². The molecule has 0 radical (unpaired) electrons. The van der Waals surface area contributed by atoms with E-state index in [9.17, 15) is 9.59 Å². The number of halogens is 1. The molecular weight excluding hydrogens is 351 g/mol. The number of rotatable bonds is 1. The summed E-state index contributed by atoms with van der Waals surface area (Å²) in [6.07, 6.45) is 2.09. The molecular formula is C20H17FN2O4. The van der Waals surface area contributed by atoms with Crippen LogP contribution in [0.2, 0.25) is 0 Å². The fourth-order valence-corrected chi connectivity index (χ4v) is 4.39. The van der Waals surface area contributed by atoms with Crippen LogP contribution in [0.15, 0.2) is 48.6 Å². The van der Waals surface area contributed by atoms with E-state index in [0.717, 1.165) is 17.5 Å². The lowest BCUT2D eigenvalue weighted by atomic mass is 9.97. The highest BCUT2D eigenvalue weighted by atomic mass is 19.1.